The molecular formula is C11H16ClN3O. The van der Waals surface area contributed by atoms with E-state index in [4.69, 9.17) is 17.3 Å². The number of nitrogen functional groups attached to an aromatic ring is 1. The molecule has 1 aliphatic heterocycles. The number of hydrogen-bond acceptors (Lipinski definition) is 4. The van der Waals surface area contributed by atoms with Crippen molar-refractivity contribution in [2.24, 2.45) is 0 Å². The summed E-state index contributed by atoms with van der Waals surface area (Å²) in [6, 6.07) is 3.55. The Balaban J connectivity index is 2.30. The predicted molar refractivity (Wildman–Crippen MR) is 65.7 cm³/mol. The van der Waals surface area contributed by atoms with Gasteiger partial charge in [-0.2, -0.15) is 0 Å². The molecule has 2 rings (SSSR count). The minimum Gasteiger partial charge on any atom is -0.396 e. The molecule has 1 aromatic rings. The summed E-state index contributed by atoms with van der Waals surface area (Å²) in [6.45, 7) is 1.01. The minimum absolute atomic E-state index is 0.113. The molecule has 5 heteroatoms. The summed E-state index contributed by atoms with van der Waals surface area (Å²) in [6.07, 6.45) is 3.22. The van der Waals surface area contributed by atoms with Crippen molar-refractivity contribution >= 4 is 23.1 Å². The molecule has 88 valence electrons. The van der Waals surface area contributed by atoms with Gasteiger partial charge in [0, 0.05) is 6.54 Å². The summed E-state index contributed by atoms with van der Waals surface area (Å²) < 4.78 is 0. The molecule has 0 bridgehead atoms. The normalized spacial score (nSPS) is 21.1. The van der Waals surface area contributed by atoms with Gasteiger partial charge in [0.15, 0.2) is 5.82 Å². The maximum absolute atomic E-state index is 9.34. The second kappa shape index (κ2) is 4.89. The van der Waals surface area contributed by atoms with Crippen molar-refractivity contribution in [3.63, 3.8) is 0 Å². The van der Waals surface area contributed by atoms with Crippen LogP contribution in [0.3, 0.4) is 0 Å². The molecule has 0 amide bonds. The van der Waals surface area contributed by atoms with Gasteiger partial charge in [-0.25, -0.2) is 4.98 Å². The fourth-order valence-electron chi connectivity index (χ4n) is 2.14. The van der Waals surface area contributed by atoms with Crippen LogP contribution in [0.5, 0.6) is 0 Å². The molecule has 1 aromatic heterocycles. The van der Waals surface area contributed by atoms with Crippen molar-refractivity contribution in [3.05, 3.63) is 17.3 Å². The highest BCUT2D eigenvalue weighted by molar-refractivity contribution is 6.29. The van der Waals surface area contributed by atoms with Crippen LogP contribution in [-0.2, 0) is 0 Å². The fourth-order valence-corrected chi connectivity index (χ4v) is 2.28. The smallest absolute Gasteiger partial charge is 0.153 e. The Hall–Kier alpha value is -1.00. The maximum Gasteiger partial charge on any atom is 0.153 e. The van der Waals surface area contributed by atoms with Gasteiger partial charge in [0.2, 0.25) is 0 Å². The van der Waals surface area contributed by atoms with Gasteiger partial charge in [0.25, 0.3) is 0 Å². The predicted octanol–water partition coefficient (Wildman–Crippen LogP) is 1.67. The van der Waals surface area contributed by atoms with Gasteiger partial charge in [0.1, 0.15) is 5.15 Å². The number of nitrogens with two attached hydrogens (primary N) is 1. The second-order valence-electron chi connectivity index (χ2n) is 4.07. The van der Waals surface area contributed by atoms with Crippen LogP contribution >= 0.6 is 11.6 Å². The van der Waals surface area contributed by atoms with Crippen LogP contribution in [0, 0.1) is 0 Å². The zero-order valence-electron chi connectivity index (χ0n) is 9.06. The standard InChI is InChI=1S/C11H16ClN3O/c12-10-5-4-9(13)11(14-10)15-6-2-1-3-8(15)7-16/h4-5,8,16H,1-3,6-7,13H2. The van der Waals surface area contributed by atoms with Crippen molar-refractivity contribution in [3.8, 4) is 0 Å². The van der Waals surface area contributed by atoms with Crippen molar-refractivity contribution < 1.29 is 5.11 Å². The molecule has 0 spiro atoms. The van der Waals surface area contributed by atoms with Crippen molar-refractivity contribution in [2.75, 3.05) is 23.8 Å². The van der Waals surface area contributed by atoms with Gasteiger partial charge in [-0.1, -0.05) is 11.6 Å². The van der Waals surface area contributed by atoms with E-state index in [9.17, 15) is 5.11 Å². The summed E-state index contributed by atoms with van der Waals surface area (Å²) in [7, 11) is 0. The zero-order valence-corrected chi connectivity index (χ0v) is 9.82. The topological polar surface area (TPSA) is 62.4 Å². The largest absolute Gasteiger partial charge is 0.396 e. The van der Waals surface area contributed by atoms with E-state index >= 15 is 0 Å². The molecule has 1 atom stereocenters. The molecule has 2 heterocycles. The summed E-state index contributed by atoms with van der Waals surface area (Å²) in [5, 5.41) is 9.78. The van der Waals surface area contributed by atoms with E-state index in [0.717, 1.165) is 25.8 Å². The van der Waals surface area contributed by atoms with E-state index in [1.54, 1.807) is 12.1 Å². The number of hydrogen-bond donors (Lipinski definition) is 2. The van der Waals surface area contributed by atoms with E-state index < -0.39 is 0 Å². The van der Waals surface area contributed by atoms with Gasteiger partial charge in [0.05, 0.1) is 18.3 Å². The summed E-state index contributed by atoms with van der Waals surface area (Å²) in [5.41, 5.74) is 6.51. The average Bonchev–Trinajstić information content (AvgIpc) is 2.32. The highest BCUT2D eigenvalue weighted by Crippen LogP contribution is 2.28. The minimum atomic E-state index is 0.113. The first-order valence-corrected chi connectivity index (χ1v) is 5.89. The number of rotatable bonds is 2. The van der Waals surface area contributed by atoms with E-state index in [2.05, 4.69) is 9.88 Å². The lowest BCUT2D eigenvalue weighted by Crippen LogP contribution is -2.42. The van der Waals surface area contributed by atoms with Crippen molar-refractivity contribution in [1.29, 1.82) is 0 Å². The van der Waals surface area contributed by atoms with E-state index in [1.165, 1.54) is 0 Å². The first-order chi connectivity index (χ1) is 7.72. The zero-order chi connectivity index (χ0) is 11.5. The Morgan fingerprint density at radius 3 is 3.06 bits per heavy atom. The molecular weight excluding hydrogens is 226 g/mol. The Morgan fingerprint density at radius 2 is 2.31 bits per heavy atom. The highest BCUT2D eigenvalue weighted by Gasteiger charge is 2.24. The SMILES string of the molecule is Nc1ccc(Cl)nc1N1CCCCC1CO. The van der Waals surface area contributed by atoms with Crippen LogP contribution in [0.15, 0.2) is 12.1 Å². The summed E-state index contributed by atoms with van der Waals surface area (Å²) >= 11 is 5.87. The number of halogens is 1. The second-order valence-corrected chi connectivity index (χ2v) is 4.46. The van der Waals surface area contributed by atoms with E-state index in [0.29, 0.717) is 16.7 Å². The van der Waals surface area contributed by atoms with Crippen LogP contribution < -0.4 is 10.6 Å². The molecule has 1 fully saturated rings. The van der Waals surface area contributed by atoms with Gasteiger partial charge >= 0.3 is 0 Å². The lowest BCUT2D eigenvalue weighted by atomic mass is 10.0. The van der Waals surface area contributed by atoms with Gasteiger partial charge in [-0.15, -0.1) is 0 Å². The lowest BCUT2D eigenvalue weighted by molar-refractivity contribution is 0.239. The molecule has 4 nitrogen and oxygen atoms in total. The highest BCUT2D eigenvalue weighted by atomic mass is 35.5. The molecule has 1 unspecified atom stereocenters. The van der Waals surface area contributed by atoms with Crippen molar-refractivity contribution in [2.45, 2.75) is 25.3 Å². The van der Waals surface area contributed by atoms with Gasteiger partial charge in [-0.05, 0) is 31.4 Å². The van der Waals surface area contributed by atoms with Gasteiger partial charge in [-0.3, -0.25) is 0 Å². The Bertz CT molecular complexity index is 372. The molecule has 0 radical (unpaired) electrons. The number of aromatic nitrogens is 1. The quantitative estimate of drug-likeness (QED) is 0.774. The molecule has 1 saturated heterocycles. The fraction of sp³-hybridized carbons (Fsp3) is 0.545. The molecule has 0 aliphatic carbocycles. The van der Waals surface area contributed by atoms with Crippen molar-refractivity contribution in [1.82, 2.24) is 4.98 Å². The maximum atomic E-state index is 9.34. The lowest BCUT2D eigenvalue weighted by Gasteiger charge is -2.36. The number of aliphatic hydroxyl groups excluding tert-OH is 1. The first kappa shape index (κ1) is 11.5. The summed E-state index contributed by atoms with van der Waals surface area (Å²) in [4.78, 5) is 6.31. The van der Waals surface area contributed by atoms with Crippen LogP contribution in [0.4, 0.5) is 11.5 Å². The van der Waals surface area contributed by atoms with Crippen LogP contribution in [-0.4, -0.2) is 29.3 Å². The number of piperidine rings is 1. The monoisotopic (exact) mass is 241 g/mol. The third-order valence-electron chi connectivity index (χ3n) is 2.98. The Morgan fingerprint density at radius 1 is 1.50 bits per heavy atom. The van der Waals surface area contributed by atoms with Crippen LogP contribution in [0.1, 0.15) is 19.3 Å². The molecule has 0 aromatic carbocycles. The summed E-state index contributed by atoms with van der Waals surface area (Å²) in [5.74, 6) is 0.700. The third kappa shape index (κ3) is 2.23. The van der Waals surface area contributed by atoms with E-state index in [1.807, 2.05) is 0 Å². The Kier molecular flexibility index (Phi) is 3.51. The number of aliphatic hydroxyl groups is 1. The molecule has 16 heavy (non-hydrogen) atoms. The molecule has 3 N–H and O–H groups in total. The Labute approximate surface area is 100 Å². The average molecular weight is 242 g/mol. The number of anilines is 2. The number of nitrogens with zero attached hydrogens (tertiary/aromatic N) is 2. The van der Waals surface area contributed by atoms with Gasteiger partial charge < -0.3 is 15.7 Å². The molecule has 0 saturated carbocycles. The number of pyridine rings is 1. The van der Waals surface area contributed by atoms with Crippen LogP contribution in [0.2, 0.25) is 5.15 Å². The third-order valence-corrected chi connectivity index (χ3v) is 3.19. The first-order valence-electron chi connectivity index (χ1n) is 5.52. The van der Waals surface area contributed by atoms with E-state index in [-0.39, 0.29) is 12.6 Å². The van der Waals surface area contributed by atoms with Crippen LogP contribution in [0.25, 0.3) is 0 Å². The molecule has 1 aliphatic rings.